The zero-order valence-electron chi connectivity index (χ0n) is 11.6. The third-order valence-electron chi connectivity index (χ3n) is 2.47. The van der Waals surface area contributed by atoms with Crippen LogP contribution >= 0.6 is 11.8 Å². The summed E-state index contributed by atoms with van der Waals surface area (Å²) in [5.74, 6) is 1.76. The van der Waals surface area contributed by atoms with Gasteiger partial charge in [-0.2, -0.15) is 11.8 Å². The van der Waals surface area contributed by atoms with Crippen molar-refractivity contribution in [3.05, 3.63) is 24.3 Å². The highest BCUT2D eigenvalue weighted by Crippen LogP contribution is 2.20. The Morgan fingerprint density at radius 2 is 1.95 bits per heavy atom. The van der Waals surface area contributed by atoms with Crippen molar-refractivity contribution >= 4 is 27.5 Å². The molecule has 0 heterocycles. The average molecular weight is 302 g/mol. The number of benzene rings is 1. The highest BCUT2D eigenvalue weighted by atomic mass is 32.2. The van der Waals surface area contributed by atoms with Crippen LogP contribution in [0, 0.1) is 0 Å². The monoisotopic (exact) mass is 302 g/mol. The largest absolute Gasteiger partial charge is 0.384 e. The highest BCUT2D eigenvalue weighted by molar-refractivity contribution is 7.99. The average Bonchev–Trinajstić information content (AvgIpc) is 2.37. The molecule has 0 bridgehead atoms. The molecule has 6 heteroatoms. The van der Waals surface area contributed by atoms with Gasteiger partial charge in [-0.25, -0.2) is 13.1 Å². The number of sulfonamides is 1. The molecule has 1 aromatic rings. The maximum atomic E-state index is 12.3. The van der Waals surface area contributed by atoms with Crippen LogP contribution in [0.3, 0.4) is 0 Å². The van der Waals surface area contributed by atoms with Crippen molar-refractivity contribution in [1.82, 2.24) is 4.72 Å². The molecule has 2 N–H and O–H groups in total. The van der Waals surface area contributed by atoms with E-state index in [1.807, 2.05) is 19.9 Å². The van der Waals surface area contributed by atoms with E-state index in [-0.39, 0.29) is 6.04 Å². The van der Waals surface area contributed by atoms with E-state index in [0.717, 1.165) is 11.5 Å². The van der Waals surface area contributed by atoms with E-state index in [2.05, 4.69) is 17.0 Å². The molecule has 0 fully saturated rings. The maximum Gasteiger partial charge on any atom is 0.242 e. The Kier molecular flexibility index (Phi) is 6.68. The van der Waals surface area contributed by atoms with Gasteiger partial charge in [-0.3, -0.25) is 0 Å². The Bertz CT molecular complexity index is 489. The van der Waals surface area contributed by atoms with Gasteiger partial charge in [0.05, 0.1) is 5.69 Å². The van der Waals surface area contributed by atoms with Gasteiger partial charge in [0.1, 0.15) is 4.90 Å². The van der Waals surface area contributed by atoms with E-state index in [1.54, 1.807) is 30.0 Å². The molecule has 1 unspecified atom stereocenters. The number of nitrogens with one attached hydrogen (secondary N) is 2. The normalized spacial score (nSPS) is 13.2. The first kappa shape index (κ1) is 16.3. The van der Waals surface area contributed by atoms with Gasteiger partial charge in [0.2, 0.25) is 10.0 Å². The molecule has 0 aromatic heterocycles. The Morgan fingerprint density at radius 3 is 2.58 bits per heavy atom. The molecule has 0 radical (unpaired) electrons. The van der Waals surface area contributed by atoms with Crippen molar-refractivity contribution < 1.29 is 8.42 Å². The summed E-state index contributed by atoms with van der Waals surface area (Å²) in [6.07, 6.45) is 0. The van der Waals surface area contributed by atoms with Gasteiger partial charge in [0.25, 0.3) is 0 Å². The second-order valence-electron chi connectivity index (χ2n) is 4.21. The molecule has 4 nitrogen and oxygen atoms in total. The van der Waals surface area contributed by atoms with Crippen LogP contribution in [0.4, 0.5) is 5.69 Å². The number of hydrogen-bond donors (Lipinski definition) is 2. The molecule has 0 saturated heterocycles. The first-order valence-corrected chi connectivity index (χ1v) is 9.08. The van der Waals surface area contributed by atoms with Gasteiger partial charge in [-0.15, -0.1) is 0 Å². The zero-order valence-corrected chi connectivity index (χ0v) is 13.3. The third-order valence-corrected chi connectivity index (χ3v) is 5.26. The third kappa shape index (κ3) is 5.04. The summed E-state index contributed by atoms with van der Waals surface area (Å²) < 4.78 is 27.4. The van der Waals surface area contributed by atoms with Crippen molar-refractivity contribution in [3.8, 4) is 0 Å². The van der Waals surface area contributed by atoms with E-state index < -0.39 is 10.0 Å². The summed E-state index contributed by atoms with van der Waals surface area (Å²) in [5, 5.41) is 3.07. The number of rotatable bonds is 8. The molecule has 108 valence electrons. The van der Waals surface area contributed by atoms with Crippen molar-refractivity contribution in [3.63, 3.8) is 0 Å². The molecule has 0 aliphatic rings. The Balaban J connectivity index is 2.88. The number of hydrogen-bond acceptors (Lipinski definition) is 4. The molecule has 0 aliphatic heterocycles. The van der Waals surface area contributed by atoms with E-state index in [9.17, 15) is 8.42 Å². The van der Waals surface area contributed by atoms with E-state index in [0.29, 0.717) is 17.1 Å². The molecule has 1 atom stereocenters. The summed E-state index contributed by atoms with van der Waals surface area (Å²) >= 11 is 1.72. The zero-order chi connectivity index (χ0) is 14.3. The van der Waals surface area contributed by atoms with Gasteiger partial charge >= 0.3 is 0 Å². The number of para-hydroxylation sites is 1. The van der Waals surface area contributed by atoms with Crippen molar-refractivity contribution in [1.29, 1.82) is 0 Å². The van der Waals surface area contributed by atoms with Gasteiger partial charge in [-0.1, -0.05) is 19.1 Å². The maximum absolute atomic E-state index is 12.3. The van der Waals surface area contributed by atoms with E-state index >= 15 is 0 Å². The van der Waals surface area contributed by atoms with Gasteiger partial charge in [0, 0.05) is 18.3 Å². The molecule has 1 aromatic carbocycles. The van der Waals surface area contributed by atoms with Crippen LogP contribution in [-0.2, 0) is 10.0 Å². The second-order valence-corrected chi connectivity index (χ2v) is 7.21. The molecule has 0 saturated carbocycles. The van der Waals surface area contributed by atoms with Gasteiger partial charge in [-0.05, 0) is 31.7 Å². The Hall–Kier alpha value is -0.720. The minimum Gasteiger partial charge on any atom is -0.384 e. The van der Waals surface area contributed by atoms with E-state index in [4.69, 9.17) is 0 Å². The Morgan fingerprint density at radius 1 is 1.26 bits per heavy atom. The predicted octanol–water partition coefficient (Wildman–Crippen LogP) is 2.54. The van der Waals surface area contributed by atoms with Crippen LogP contribution in [0.5, 0.6) is 0 Å². The standard InChI is InChI=1S/C13H22N2O2S2/c1-4-14-12-8-6-7-9-13(12)19(16,17)15-11(3)10-18-5-2/h6-9,11,14-15H,4-5,10H2,1-3H3. The van der Waals surface area contributed by atoms with Crippen LogP contribution < -0.4 is 10.0 Å². The lowest BCUT2D eigenvalue weighted by molar-refractivity contribution is 0.571. The SMILES string of the molecule is CCNc1ccccc1S(=O)(=O)NC(C)CSCC. The van der Waals surface area contributed by atoms with Crippen molar-refractivity contribution in [2.45, 2.75) is 31.7 Å². The molecule has 19 heavy (non-hydrogen) atoms. The van der Waals surface area contributed by atoms with Crippen LogP contribution in [0.1, 0.15) is 20.8 Å². The quantitative estimate of drug-likeness (QED) is 0.775. The molecule has 0 amide bonds. The van der Waals surface area contributed by atoms with Gasteiger partial charge in [0.15, 0.2) is 0 Å². The lowest BCUT2D eigenvalue weighted by Gasteiger charge is -2.16. The van der Waals surface area contributed by atoms with Crippen LogP contribution in [0.15, 0.2) is 29.2 Å². The fraction of sp³-hybridized carbons (Fsp3) is 0.538. The molecule has 0 aliphatic carbocycles. The number of anilines is 1. The fourth-order valence-electron chi connectivity index (χ4n) is 1.69. The summed E-state index contributed by atoms with van der Waals surface area (Å²) in [4.78, 5) is 0.310. The number of thioether (sulfide) groups is 1. The van der Waals surface area contributed by atoms with Crippen molar-refractivity contribution in [2.75, 3.05) is 23.4 Å². The lowest BCUT2D eigenvalue weighted by Crippen LogP contribution is -2.34. The molecular formula is C13H22N2O2S2. The van der Waals surface area contributed by atoms with E-state index in [1.165, 1.54) is 0 Å². The minimum atomic E-state index is -3.47. The smallest absolute Gasteiger partial charge is 0.242 e. The molecular weight excluding hydrogens is 280 g/mol. The lowest BCUT2D eigenvalue weighted by atomic mass is 10.3. The predicted molar refractivity (Wildman–Crippen MR) is 83.4 cm³/mol. The topological polar surface area (TPSA) is 58.2 Å². The summed E-state index contributed by atoms with van der Waals surface area (Å²) in [6.45, 7) is 6.58. The molecule has 0 spiro atoms. The highest BCUT2D eigenvalue weighted by Gasteiger charge is 2.20. The first-order valence-electron chi connectivity index (χ1n) is 6.44. The summed E-state index contributed by atoms with van der Waals surface area (Å²) in [7, 11) is -3.47. The van der Waals surface area contributed by atoms with Crippen LogP contribution in [0.25, 0.3) is 0 Å². The fourth-order valence-corrected chi connectivity index (χ4v) is 3.90. The van der Waals surface area contributed by atoms with Crippen LogP contribution in [0.2, 0.25) is 0 Å². The minimum absolute atomic E-state index is 0.0790. The second kappa shape index (κ2) is 7.77. The van der Waals surface area contributed by atoms with Crippen LogP contribution in [-0.4, -0.2) is 32.5 Å². The first-order chi connectivity index (χ1) is 9.01. The molecule has 1 rings (SSSR count). The summed E-state index contributed by atoms with van der Waals surface area (Å²) in [5.41, 5.74) is 0.646. The Labute approximate surface area is 120 Å². The van der Waals surface area contributed by atoms with Gasteiger partial charge < -0.3 is 5.32 Å². The van der Waals surface area contributed by atoms with Crippen molar-refractivity contribution in [2.24, 2.45) is 0 Å². The summed E-state index contributed by atoms with van der Waals surface area (Å²) in [6, 6.07) is 6.89.